The predicted molar refractivity (Wildman–Crippen MR) is 76.2 cm³/mol. The smallest absolute Gasteiger partial charge is 0.228 e. The molecule has 2 atom stereocenters. The van der Waals surface area contributed by atoms with Gasteiger partial charge >= 0.3 is 0 Å². The van der Waals surface area contributed by atoms with Gasteiger partial charge in [0.25, 0.3) is 0 Å². The molecule has 0 aromatic heterocycles. The van der Waals surface area contributed by atoms with E-state index in [9.17, 15) is 4.79 Å². The molecular formula is C15H21N3O. The third-order valence-corrected chi connectivity index (χ3v) is 4.24. The maximum atomic E-state index is 11.4. The summed E-state index contributed by atoms with van der Waals surface area (Å²) in [6.45, 7) is 2.27. The van der Waals surface area contributed by atoms with Crippen molar-refractivity contribution in [3.63, 3.8) is 0 Å². The van der Waals surface area contributed by atoms with Gasteiger partial charge in [-0.1, -0.05) is 12.1 Å². The van der Waals surface area contributed by atoms with Gasteiger partial charge < -0.3 is 16.0 Å². The van der Waals surface area contributed by atoms with Crippen LogP contribution in [0.15, 0.2) is 18.2 Å². The summed E-state index contributed by atoms with van der Waals surface area (Å²) in [4.78, 5) is 11.4. The minimum absolute atomic E-state index is 0.105. The molecule has 2 aliphatic heterocycles. The zero-order valence-corrected chi connectivity index (χ0v) is 11.3. The average molecular weight is 259 g/mol. The first-order valence-electron chi connectivity index (χ1n) is 7.07. The van der Waals surface area contributed by atoms with Crippen molar-refractivity contribution in [3.05, 3.63) is 29.3 Å². The van der Waals surface area contributed by atoms with Gasteiger partial charge in [-0.2, -0.15) is 0 Å². The maximum absolute atomic E-state index is 11.4. The number of hydrogen-bond acceptors (Lipinski definition) is 3. The highest BCUT2D eigenvalue weighted by Gasteiger charge is 2.22. The molecule has 102 valence electrons. The van der Waals surface area contributed by atoms with Crippen molar-refractivity contribution in [2.45, 2.75) is 25.3 Å². The number of benzene rings is 1. The van der Waals surface area contributed by atoms with Crippen molar-refractivity contribution >= 4 is 11.6 Å². The summed E-state index contributed by atoms with van der Waals surface area (Å²) < 4.78 is 0. The van der Waals surface area contributed by atoms with Crippen molar-refractivity contribution in [2.75, 3.05) is 25.5 Å². The second-order valence-electron chi connectivity index (χ2n) is 5.58. The van der Waals surface area contributed by atoms with Crippen molar-refractivity contribution < 1.29 is 4.79 Å². The lowest BCUT2D eigenvalue weighted by Crippen LogP contribution is -2.21. The monoisotopic (exact) mass is 259 g/mol. The second kappa shape index (κ2) is 5.31. The lowest BCUT2D eigenvalue weighted by molar-refractivity contribution is -0.115. The molecule has 1 saturated heterocycles. The molecule has 3 rings (SSSR count). The van der Waals surface area contributed by atoms with Crippen LogP contribution in [0.4, 0.5) is 5.69 Å². The standard InChI is InChI=1S/C15H21N3O/c1-16-14(6-10-4-5-17-9-10)11-2-3-13-12(7-11)8-15(19)18-13/h2-3,7,10,14,16-17H,4-6,8-9H2,1H3,(H,18,19). The zero-order chi connectivity index (χ0) is 13.2. The first-order chi connectivity index (χ1) is 9.26. The fraction of sp³-hybridized carbons (Fsp3) is 0.533. The molecular weight excluding hydrogens is 238 g/mol. The molecule has 3 N–H and O–H groups in total. The van der Waals surface area contributed by atoms with Gasteiger partial charge in [0, 0.05) is 11.7 Å². The molecule has 2 aliphatic rings. The summed E-state index contributed by atoms with van der Waals surface area (Å²) in [7, 11) is 2.02. The molecule has 1 aromatic carbocycles. The third kappa shape index (κ3) is 2.65. The van der Waals surface area contributed by atoms with Gasteiger partial charge in [0.1, 0.15) is 0 Å². The van der Waals surface area contributed by atoms with E-state index in [0.717, 1.165) is 36.7 Å². The van der Waals surface area contributed by atoms with Crippen molar-refractivity contribution in [1.29, 1.82) is 0 Å². The van der Waals surface area contributed by atoms with Crippen LogP contribution in [0, 0.1) is 5.92 Å². The molecule has 4 heteroatoms. The van der Waals surface area contributed by atoms with Gasteiger partial charge in [-0.15, -0.1) is 0 Å². The Morgan fingerprint density at radius 1 is 1.47 bits per heavy atom. The van der Waals surface area contributed by atoms with Crippen LogP contribution in [0.1, 0.15) is 30.0 Å². The molecule has 19 heavy (non-hydrogen) atoms. The Bertz CT molecular complexity index is 480. The summed E-state index contributed by atoms with van der Waals surface area (Å²) in [5.74, 6) is 0.860. The van der Waals surface area contributed by atoms with Gasteiger partial charge in [0.15, 0.2) is 0 Å². The van der Waals surface area contributed by atoms with E-state index in [1.54, 1.807) is 0 Å². The summed E-state index contributed by atoms with van der Waals surface area (Å²) in [5, 5.41) is 9.72. The number of carbonyl (C=O) groups is 1. The molecule has 0 radical (unpaired) electrons. The van der Waals surface area contributed by atoms with E-state index in [-0.39, 0.29) is 5.91 Å². The van der Waals surface area contributed by atoms with Crippen LogP contribution in [0.25, 0.3) is 0 Å². The molecule has 1 fully saturated rings. The lowest BCUT2D eigenvalue weighted by Gasteiger charge is -2.20. The molecule has 0 saturated carbocycles. The van der Waals surface area contributed by atoms with Gasteiger partial charge in [-0.25, -0.2) is 0 Å². The normalized spacial score (nSPS) is 23.2. The van der Waals surface area contributed by atoms with Gasteiger partial charge in [0.2, 0.25) is 5.91 Å². The van der Waals surface area contributed by atoms with Crippen LogP contribution < -0.4 is 16.0 Å². The third-order valence-electron chi connectivity index (χ3n) is 4.24. The maximum Gasteiger partial charge on any atom is 0.228 e. The molecule has 4 nitrogen and oxygen atoms in total. The number of rotatable bonds is 4. The molecule has 1 aromatic rings. The minimum atomic E-state index is 0.105. The molecule has 1 amide bonds. The Morgan fingerprint density at radius 3 is 3.11 bits per heavy atom. The Morgan fingerprint density at radius 2 is 2.37 bits per heavy atom. The Balaban J connectivity index is 1.76. The van der Waals surface area contributed by atoms with Gasteiger partial charge in [0.05, 0.1) is 6.42 Å². The summed E-state index contributed by atoms with van der Waals surface area (Å²) >= 11 is 0. The summed E-state index contributed by atoms with van der Waals surface area (Å²) in [6, 6.07) is 6.73. The van der Waals surface area contributed by atoms with Crippen molar-refractivity contribution in [3.8, 4) is 0 Å². The number of hydrogen-bond donors (Lipinski definition) is 3. The molecule has 0 spiro atoms. The minimum Gasteiger partial charge on any atom is -0.326 e. The van der Waals surface area contributed by atoms with Crippen LogP contribution in [0.3, 0.4) is 0 Å². The first kappa shape index (κ1) is 12.6. The first-order valence-corrected chi connectivity index (χ1v) is 7.07. The molecule has 0 aliphatic carbocycles. The van der Waals surface area contributed by atoms with E-state index >= 15 is 0 Å². The SMILES string of the molecule is CNC(CC1CCNC1)c1ccc2c(c1)CC(=O)N2. The van der Waals surface area contributed by atoms with E-state index in [4.69, 9.17) is 0 Å². The average Bonchev–Trinajstić information content (AvgIpc) is 3.02. The Labute approximate surface area is 114 Å². The number of anilines is 1. The van der Waals surface area contributed by atoms with E-state index in [2.05, 4.69) is 28.1 Å². The van der Waals surface area contributed by atoms with Crippen LogP contribution in [0.2, 0.25) is 0 Å². The van der Waals surface area contributed by atoms with Crippen LogP contribution >= 0.6 is 0 Å². The van der Waals surface area contributed by atoms with Crippen LogP contribution in [-0.4, -0.2) is 26.0 Å². The number of carbonyl (C=O) groups excluding carboxylic acids is 1. The number of amides is 1. The summed E-state index contributed by atoms with van der Waals surface area (Å²) in [6.07, 6.45) is 2.94. The fourth-order valence-corrected chi connectivity index (χ4v) is 3.14. The largest absolute Gasteiger partial charge is 0.326 e. The predicted octanol–water partition coefficient (Wildman–Crippen LogP) is 1.44. The van der Waals surface area contributed by atoms with Gasteiger partial charge in [-0.05, 0) is 56.1 Å². The zero-order valence-electron chi connectivity index (χ0n) is 11.3. The topological polar surface area (TPSA) is 53.2 Å². The fourth-order valence-electron chi connectivity index (χ4n) is 3.14. The highest BCUT2D eigenvalue weighted by molar-refractivity contribution is 5.99. The number of nitrogens with one attached hydrogen (secondary N) is 3. The lowest BCUT2D eigenvalue weighted by atomic mass is 9.93. The van der Waals surface area contributed by atoms with E-state index in [1.807, 2.05) is 13.1 Å². The Kier molecular flexibility index (Phi) is 3.53. The van der Waals surface area contributed by atoms with E-state index in [0.29, 0.717) is 12.5 Å². The van der Waals surface area contributed by atoms with Gasteiger partial charge in [-0.3, -0.25) is 4.79 Å². The highest BCUT2D eigenvalue weighted by Crippen LogP contribution is 2.30. The second-order valence-corrected chi connectivity index (χ2v) is 5.58. The van der Waals surface area contributed by atoms with Crippen LogP contribution in [-0.2, 0) is 11.2 Å². The van der Waals surface area contributed by atoms with Crippen molar-refractivity contribution in [1.82, 2.24) is 10.6 Å². The Hall–Kier alpha value is -1.39. The highest BCUT2D eigenvalue weighted by atomic mass is 16.1. The summed E-state index contributed by atoms with van der Waals surface area (Å²) in [5.41, 5.74) is 3.41. The van der Waals surface area contributed by atoms with Crippen molar-refractivity contribution in [2.24, 2.45) is 5.92 Å². The van der Waals surface area contributed by atoms with Crippen LogP contribution in [0.5, 0.6) is 0 Å². The molecule has 2 unspecified atom stereocenters. The quantitative estimate of drug-likeness (QED) is 0.767. The number of fused-ring (bicyclic) bond motifs is 1. The van der Waals surface area contributed by atoms with E-state index < -0.39 is 0 Å². The molecule has 0 bridgehead atoms. The molecule has 2 heterocycles. The van der Waals surface area contributed by atoms with E-state index in [1.165, 1.54) is 12.0 Å².